The van der Waals surface area contributed by atoms with Gasteiger partial charge in [-0.2, -0.15) is 5.26 Å². The van der Waals surface area contributed by atoms with Gasteiger partial charge in [-0.1, -0.05) is 13.8 Å². The molecule has 0 fully saturated rings. The van der Waals surface area contributed by atoms with E-state index in [2.05, 4.69) is 23.3 Å². The number of anilines is 1. The molecule has 1 aromatic rings. The van der Waals surface area contributed by atoms with E-state index in [-0.39, 0.29) is 18.6 Å². The van der Waals surface area contributed by atoms with E-state index in [1.807, 2.05) is 6.92 Å². The molecule has 0 amide bonds. The van der Waals surface area contributed by atoms with Gasteiger partial charge >= 0.3 is 0 Å². The SMILES string of the molecule is CC[C@H](C[C@@H](C)CO)Nc1ncccc1C#N. The molecule has 4 nitrogen and oxygen atoms in total. The fourth-order valence-electron chi connectivity index (χ4n) is 1.69. The van der Waals surface area contributed by atoms with Crippen molar-refractivity contribution in [2.45, 2.75) is 32.7 Å². The quantitative estimate of drug-likeness (QED) is 0.790. The molecule has 0 aliphatic carbocycles. The fraction of sp³-hybridized carbons (Fsp3) is 0.538. The lowest BCUT2D eigenvalue weighted by Gasteiger charge is -2.20. The molecule has 0 bridgehead atoms. The van der Waals surface area contributed by atoms with E-state index in [4.69, 9.17) is 10.4 Å². The van der Waals surface area contributed by atoms with Crippen LogP contribution in [0.5, 0.6) is 0 Å². The Labute approximate surface area is 102 Å². The lowest BCUT2D eigenvalue weighted by atomic mass is 10.0. The van der Waals surface area contributed by atoms with E-state index >= 15 is 0 Å². The van der Waals surface area contributed by atoms with E-state index in [9.17, 15) is 0 Å². The first kappa shape index (κ1) is 13.5. The Balaban J connectivity index is 2.71. The maximum Gasteiger partial charge on any atom is 0.144 e. The van der Waals surface area contributed by atoms with Crippen molar-refractivity contribution in [2.75, 3.05) is 11.9 Å². The number of rotatable bonds is 6. The molecule has 2 atom stereocenters. The van der Waals surface area contributed by atoms with Crippen LogP contribution >= 0.6 is 0 Å². The molecule has 0 spiro atoms. The third-order valence-electron chi connectivity index (χ3n) is 2.76. The molecular formula is C13H19N3O. The molecule has 0 aliphatic heterocycles. The van der Waals surface area contributed by atoms with Gasteiger partial charge in [0.2, 0.25) is 0 Å². The Kier molecular flexibility index (Phi) is 5.44. The molecular weight excluding hydrogens is 214 g/mol. The van der Waals surface area contributed by atoms with E-state index in [1.165, 1.54) is 0 Å². The van der Waals surface area contributed by atoms with Crippen LogP contribution in [0.2, 0.25) is 0 Å². The number of aliphatic hydroxyl groups is 1. The van der Waals surface area contributed by atoms with E-state index in [0.717, 1.165) is 12.8 Å². The van der Waals surface area contributed by atoms with E-state index < -0.39 is 0 Å². The molecule has 0 radical (unpaired) electrons. The summed E-state index contributed by atoms with van der Waals surface area (Å²) in [5, 5.41) is 21.3. The Morgan fingerprint density at radius 2 is 2.35 bits per heavy atom. The number of aliphatic hydroxyl groups excluding tert-OH is 1. The number of hydrogen-bond donors (Lipinski definition) is 2. The first-order valence-electron chi connectivity index (χ1n) is 5.93. The van der Waals surface area contributed by atoms with Gasteiger partial charge in [0.05, 0.1) is 5.56 Å². The van der Waals surface area contributed by atoms with Crippen molar-refractivity contribution in [3.8, 4) is 6.07 Å². The smallest absolute Gasteiger partial charge is 0.144 e. The Morgan fingerprint density at radius 1 is 1.59 bits per heavy atom. The zero-order chi connectivity index (χ0) is 12.7. The van der Waals surface area contributed by atoms with Crippen LogP contribution in [-0.4, -0.2) is 22.7 Å². The highest BCUT2D eigenvalue weighted by Crippen LogP contribution is 2.16. The van der Waals surface area contributed by atoms with Crippen molar-refractivity contribution in [1.29, 1.82) is 5.26 Å². The number of nitriles is 1. The highest BCUT2D eigenvalue weighted by molar-refractivity contribution is 5.51. The van der Waals surface area contributed by atoms with Crippen molar-refractivity contribution in [2.24, 2.45) is 5.92 Å². The molecule has 2 N–H and O–H groups in total. The largest absolute Gasteiger partial charge is 0.396 e. The number of pyridine rings is 1. The van der Waals surface area contributed by atoms with Crippen LogP contribution in [0.3, 0.4) is 0 Å². The first-order valence-corrected chi connectivity index (χ1v) is 5.93. The molecule has 1 heterocycles. The minimum Gasteiger partial charge on any atom is -0.396 e. The second-order valence-electron chi connectivity index (χ2n) is 4.28. The molecule has 0 unspecified atom stereocenters. The maximum absolute atomic E-state index is 9.05. The minimum atomic E-state index is 0.186. The summed E-state index contributed by atoms with van der Waals surface area (Å²) < 4.78 is 0. The van der Waals surface area contributed by atoms with Gasteiger partial charge in [-0.15, -0.1) is 0 Å². The second kappa shape index (κ2) is 6.87. The van der Waals surface area contributed by atoms with Crippen molar-refractivity contribution in [1.82, 2.24) is 4.98 Å². The van der Waals surface area contributed by atoms with Crippen LogP contribution < -0.4 is 5.32 Å². The lowest BCUT2D eigenvalue weighted by Crippen LogP contribution is -2.23. The standard InChI is InChI=1S/C13H19N3O/c1-3-12(7-10(2)9-17)16-13-11(8-14)5-4-6-15-13/h4-6,10,12,17H,3,7,9H2,1-2H3,(H,15,16)/t10-,12-/m1/s1. The van der Waals surface area contributed by atoms with E-state index in [0.29, 0.717) is 11.4 Å². The van der Waals surface area contributed by atoms with Gasteiger partial charge in [0.1, 0.15) is 11.9 Å². The molecule has 1 rings (SSSR count). The van der Waals surface area contributed by atoms with Crippen LogP contribution in [0.1, 0.15) is 32.3 Å². The summed E-state index contributed by atoms with van der Waals surface area (Å²) >= 11 is 0. The fourth-order valence-corrected chi connectivity index (χ4v) is 1.69. The Bertz CT molecular complexity index is 386. The predicted octanol–water partition coefficient (Wildman–Crippen LogP) is 2.16. The van der Waals surface area contributed by atoms with Gasteiger partial charge in [-0.3, -0.25) is 0 Å². The molecule has 0 saturated heterocycles. The Morgan fingerprint density at radius 3 is 2.94 bits per heavy atom. The van der Waals surface area contributed by atoms with Gasteiger partial charge in [0, 0.05) is 18.8 Å². The van der Waals surface area contributed by atoms with Crippen LogP contribution in [-0.2, 0) is 0 Å². The van der Waals surface area contributed by atoms with Crippen LogP contribution in [0.4, 0.5) is 5.82 Å². The lowest BCUT2D eigenvalue weighted by molar-refractivity contribution is 0.224. The third kappa shape index (κ3) is 4.04. The molecule has 17 heavy (non-hydrogen) atoms. The number of hydrogen-bond acceptors (Lipinski definition) is 4. The predicted molar refractivity (Wildman–Crippen MR) is 67.5 cm³/mol. The summed E-state index contributed by atoms with van der Waals surface area (Å²) in [7, 11) is 0. The zero-order valence-electron chi connectivity index (χ0n) is 10.3. The number of nitrogens with zero attached hydrogens (tertiary/aromatic N) is 2. The van der Waals surface area contributed by atoms with E-state index in [1.54, 1.807) is 18.3 Å². The molecule has 1 aromatic heterocycles. The van der Waals surface area contributed by atoms with Crippen LogP contribution in [0, 0.1) is 17.2 Å². The topological polar surface area (TPSA) is 68.9 Å². The van der Waals surface area contributed by atoms with Crippen molar-refractivity contribution < 1.29 is 5.11 Å². The van der Waals surface area contributed by atoms with Crippen molar-refractivity contribution in [3.05, 3.63) is 23.9 Å². The average Bonchev–Trinajstić information content (AvgIpc) is 2.38. The zero-order valence-corrected chi connectivity index (χ0v) is 10.3. The summed E-state index contributed by atoms with van der Waals surface area (Å²) in [6.45, 7) is 4.27. The maximum atomic E-state index is 9.05. The summed E-state index contributed by atoms with van der Waals surface area (Å²) in [4.78, 5) is 4.17. The average molecular weight is 233 g/mol. The number of aromatic nitrogens is 1. The first-order chi connectivity index (χ1) is 8.21. The van der Waals surface area contributed by atoms with Gasteiger partial charge in [-0.25, -0.2) is 4.98 Å². The third-order valence-corrected chi connectivity index (χ3v) is 2.76. The van der Waals surface area contributed by atoms with Gasteiger partial charge in [0.25, 0.3) is 0 Å². The summed E-state index contributed by atoms with van der Waals surface area (Å²) in [5.41, 5.74) is 0.558. The summed E-state index contributed by atoms with van der Waals surface area (Å²) in [6.07, 6.45) is 3.48. The highest BCUT2D eigenvalue weighted by Gasteiger charge is 2.13. The summed E-state index contributed by atoms with van der Waals surface area (Å²) in [5.74, 6) is 0.883. The van der Waals surface area contributed by atoms with Gasteiger partial charge < -0.3 is 10.4 Å². The molecule has 0 aliphatic rings. The van der Waals surface area contributed by atoms with Gasteiger partial charge in [-0.05, 0) is 30.9 Å². The van der Waals surface area contributed by atoms with Crippen molar-refractivity contribution in [3.63, 3.8) is 0 Å². The monoisotopic (exact) mass is 233 g/mol. The van der Waals surface area contributed by atoms with Gasteiger partial charge in [0.15, 0.2) is 0 Å². The van der Waals surface area contributed by atoms with Crippen LogP contribution in [0.15, 0.2) is 18.3 Å². The summed E-state index contributed by atoms with van der Waals surface area (Å²) in [6, 6.07) is 5.85. The number of nitrogens with one attached hydrogen (secondary N) is 1. The second-order valence-corrected chi connectivity index (χ2v) is 4.28. The van der Waals surface area contributed by atoms with Crippen LogP contribution in [0.25, 0.3) is 0 Å². The molecule has 0 aromatic carbocycles. The highest BCUT2D eigenvalue weighted by atomic mass is 16.3. The molecule has 0 saturated carbocycles. The normalized spacial score (nSPS) is 13.8. The molecule has 92 valence electrons. The minimum absolute atomic E-state index is 0.186. The Hall–Kier alpha value is -1.60. The molecule has 4 heteroatoms. The van der Waals surface area contributed by atoms with Crippen molar-refractivity contribution >= 4 is 5.82 Å².